The van der Waals surface area contributed by atoms with Gasteiger partial charge in [0.25, 0.3) is 0 Å². The highest BCUT2D eigenvalue weighted by Gasteiger charge is 2.34. The Hall–Kier alpha value is -1.42. The molecule has 2 N–H and O–H groups in total. The third-order valence-electron chi connectivity index (χ3n) is 6.34. The molecule has 180 valence electrons. The molecule has 0 bridgehead atoms. The van der Waals surface area contributed by atoms with E-state index in [-0.39, 0.29) is 41.1 Å². The fourth-order valence-corrected chi connectivity index (χ4v) is 4.44. The molecule has 3 rings (SSSR count). The molecule has 2 fully saturated rings. The molecule has 0 aromatic heterocycles. The lowest BCUT2D eigenvalue weighted by Gasteiger charge is -2.36. The van der Waals surface area contributed by atoms with Crippen molar-refractivity contribution in [2.45, 2.75) is 57.3 Å². The van der Waals surface area contributed by atoms with Gasteiger partial charge in [-0.3, -0.25) is 9.79 Å². The number of halogens is 2. The lowest BCUT2D eigenvalue weighted by Crippen LogP contribution is -2.42. The number of carbonyl (C=O) groups is 1. The van der Waals surface area contributed by atoms with Gasteiger partial charge in [-0.15, -0.1) is 24.0 Å². The SMILES string of the molecule is CCNC(=NCC1(c2cccc(F)c2)CCOCC1)NCCCN1CCCCCC1=O.I. The van der Waals surface area contributed by atoms with E-state index in [9.17, 15) is 9.18 Å². The van der Waals surface area contributed by atoms with Gasteiger partial charge in [0.15, 0.2) is 5.96 Å². The number of ether oxygens (including phenoxy) is 1. The number of carbonyl (C=O) groups excluding carboxylic acids is 1. The number of nitrogens with zero attached hydrogens (tertiary/aromatic N) is 2. The van der Waals surface area contributed by atoms with Crippen LogP contribution in [-0.4, -0.2) is 62.7 Å². The van der Waals surface area contributed by atoms with Crippen molar-refractivity contribution in [3.63, 3.8) is 0 Å². The molecule has 0 saturated carbocycles. The summed E-state index contributed by atoms with van der Waals surface area (Å²) in [5, 5.41) is 6.72. The van der Waals surface area contributed by atoms with Crippen molar-refractivity contribution in [1.82, 2.24) is 15.5 Å². The van der Waals surface area contributed by atoms with Gasteiger partial charge in [-0.2, -0.15) is 0 Å². The zero-order valence-corrected chi connectivity index (χ0v) is 21.5. The molecule has 1 amide bonds. The minimum atomic E-state index is -0.208. The second-order valence-corrected chi connectivity index (χ2v) is 8.57. The fraction of sp³-hybridized carbons (Fsp3) is 0.667. The number of nitrogens with one attached hydrogen (secondary N) is 2. The summed E-state index contributed by atoms with van der Waals surface area (Å²) < 4.78 is 19.5. The van der Waals surface area contributed by atoms with Crippen LogP contribution >= 0.6 is 24.0 Å². The van der Waals surface area contributed by atoms with Crippen molar-refractivity contribution >= 4 is 35.8 Å². The van der Waals surface area contributed by atoms with Crippen molar-refractivity contribution in [2.24, 2.45) is 4.99 Å². The van der Waals surface area contributed by atoms with Gasteiger partial charge >= 0.3 is 0 Å². The number of hydrogen-bond donors (Lipinski definition) is 2. The first kappa shape index (κ1) is 26.8. The molecule has 32 heavy (non-hydrogen) atoms. The van der Waals surface area contributed by atoms with E-state index in [4.69, 9.17) is 9.73 Å². The normalized spacial score (nSPS) is 19.1. The molecule has 0 unspecified atom stereocenters. The predicted octanol–water partition coefficient (Wildman–Crippen LogP) is 3.84. The Kier molecular flexibility index (Phi) is 11.7. The topological polar surface area (TPSA) is 66.0 Å². The average Bonchev–Trinajstić information content (AvgIpc) is 2.99. The van der Waals surface area contributed by atoms with E-state index < -0.39 is 0 Å². The first-order chi connectivity index (χ1) is 15.1. The van der Waals surface area contributed by atoms with Gasteiger partial charge in [0.1, 0.15) is 5.82 Å². The van der Waals surface area contributed by atoms with Gasteiger partial charge in [0.2, 0.25) is 5.91 Å². The van der Waals surface area contributed by atoms with Crippen LogP contribution in [0.15, 0.2) is 29.3 Å². The molecule has 0 atom stereocenters. The lowest BCUT2D eigenvalue weighted by molar-refractivity contribution is -0.130. The summed E-state index contributed by atoms with van der Waals surface area (Å²) >= 11 is 0. The van der Waals surface area contributed by atoms with E-state index in [1.807, 2.05) is 17.9 Å². The lowest BCUT2D eigenvalue weighted by atomic mass is 9.74. The summed E-state index contributed by atoms with van der Waals surface area (Å²) in [4.78, 5) is 19.0. The van der Waals surface area contributed by atoms with Crippen LogP contribution in [0.2, 0.25) is 0 Å². The monoisotopic (exact) mass is 560 g/mol. The molecule has 1 aromatic carbocycles. The van der Waals surface area contributed by atoms with E-state index in [2.05, 4.69) is 10.6 Å². The first-order valence-electron chi connectivity index (χ1n) is 11.8. The number of amides is 1. The molecule has 0 radical (unpaired) electrons. The van der Waals surface area contributed by atoms with Gasteiger partial charge in [-0.25, -0.2) is 4.39 Å². The number of rotatable bonds is 8. The molecule has 1 aromatic rings. The van der Waals surface area contributed by atoms with E-state index >= 15 is 0 Å². The molecule has 0 aliphatic carbocycles. The van der Waals surface area contributed by atoms with Crippen molar-refractivity contribution in [3.8, 4) is 0 Å². The minimum Gasteiger partial charge on any atom is -0.381 e. The van der Waals surface area contributed by atoms with Crippen LogP contribution in [0, 0.1) is 5.82 Å². The van der Waals surface area contributed by atoms with Crippen LogP contribution in [-0.2, 0) is 14.9 Å². The number of benzene rings is 1. The smallest absolute Gasteiger partial charge is 0.222 e. The minimum absolute atomic E-state index is 0. The molecule has 2 aliphatic rings. The van der Waals surface area contributed by atoms with E-state index in [1.54, 1.807) is 12.1 Å². The van der Waals surface area contributed by atoms with Gasteiger partial charge in [-0.05, 0) is 56.7 Å². The highest BCUT2D eigenvalue weighted by atomic mass is 127. The standard InChI is InChI=1S/C24H37FN4O2.HI/c1-2-26-23(27-13-7-15-29-14-5-3-4-10-22(29)30)28-19-24(11-16-31-17-12-24)20-8-6-9-21(25)18-20;/h6,8-9,18H,2-5,7,10-17,19H2,1H3,(H2,26,27,28);1H. The van der Waals surface area contributed by atoms with Crippen molar-refractivity contribution in [1.29, 1.82) is 0 Å². The third kappa shape index (κ3) is 7.86. The Morgan fingerprint density at radius 1 is 1.22 bits per heavy atom. The first-order valence-corrected chi connectivity index (χ1v) is 11.8. The van der Waals surface area contributed by atoms with Crippen LogP contribution < -0.4 is 10.6 Å². The number of likely N-dealkylation sites (tertiary alicyclic amines) is 1. The Balaban J connectivity index is 0.00000363. The quantitative estimate of drug-likeness (QED) is 0.220. The van der Waals surface area contributed by atoms with Gasteiger partial charge in [0, 0.05) is 51.2 Å². The highest BCUT2D eigenvalue weighted by molar-refractivity contribution is 14.0. The highest BCUT2D eigenvalue weighted by Crippen LogP contribution is 2.35. The second kappa shape index (κ2) is 14.0. The van der Waals surface area contributed by atoms with Crippen LogP contribution in [0.25, 0.3) is 0 Å². The van der Waals surface area contributed by atoms with Crippen LogP contribution in [0.5, 0.6) is 0 Å². The van der Waals surface area contributed by atoms with Gasteiger partial charge in [-0.1, -0.05) is 18.6 Å². The van der Waals surface area contributed by atoms with Crippen LogP contribution in [0.3, 0.4) is 0 Å². The molecule has 2 saturated heterocycles. The zero-order valence-electron chi connectivity index (χ0n) is 19.2. The second-order valence-electron chi connectivity index (χ2n) is 8.57. The Morgan fingerprint density at radius 2 is 2.03 bits per heavy atom. The Labute approximate surface area is 208 Å². The van der Waals surface area contributed by atoms with Crippen molar-refractivity contribution in [3.05, 3.63) is 35.6 Å². The Morgan fingerprint density at radius 3 is 2.78 bits per heavy atom. The summed E-state index contributed by atoms with van der Waals surface area (Å²) in [7, 11) is 0. The zero-order chi connectivity index (χ0) is 21.9. The number of guanidine groups is 1. The summed E-state index contributed by atoms with van der Waals surface area (Å²) in [5.41, 5.74) is 0.788. The summed E-state index contributed by atoms with van der Waals surface area (Å²) in [6.07, 6.45) is 6.50. The van der Waals surface area contributed by atoms with Crippen LogP contribution in [0.1, 0.15) is 57.4 Å². The largest absolute Gasteiger partial charge is 0.381 e. The third-order valence-corrected chi connectivity index (χ3v) is 6.34. The molecule has 2 heterocycles. The van der Waals surface area contributed by atoms with Gasteiger partial charge < -0.3 is 20.3 Å². The average molecular weight is 560 g/mol. The Bertz CT molecular complexity index is 740. The fourth-order valence-electron chi connectivity index (χ4n) is 4.44. The molecular formula is C24H38FIN4O2. The van der Waals surface area contributed by atoms with Crippen molar-refractivity contribution < 1.29 is 13.9 Å². The van der Waals surface area contributed by atoms with Crippen LogP contribution in [0.4, 0.5) is 4.39 Å². The molecule has 6 nitrogen and oxygen atoms in total. The van der Waals surface area contributed by atoms with E-state index in [1.165, 1.54) is 6.07 Å². The van der Waals surface area contributed by atoms with E-state index in [0.717, 1.165) is 76.2 Å². The number of aliphatic imine (C=N–C) groups is 1. The summed E-state index contributed by atoms with van der Waals surface area (Å²) in [6, 6.07) is 6.90. The molecule has 8 heteroatoms. The van der Waals surface area contributed by atoms with E-state index in [0.29, 0.717) is 26.2 Å². The molecule has 2 aliphatic heterocycles. The van der Waals surface area contributed by atoms with Gasteiger partial charge in [0.05, 0.1) is 6.54 Å². The number of hydrogen-bond acceptors (Lipinski definition) is 3. The predicted molar refractivity (Wildman–Crippen MR) is 137 cm³/mol. The summed E-state index contributed by atoms with van der Waals surface area (Å²) in [6.45, 7) is 7.16. The van der Waals surface area contributed by atoms with Crippen molar-refractivity contribution in [2.75, 3.05) is 45.9 Å². The maximum Gasteiger partial charge on any atom is 0.222 e. The summed E-state index contributed by atoms with van der Waals surface area (Å²) in [5.74, 6) is 0.849. The maximum atomic E-state index is 13.9. The molecule has 0 spiro atoms. The maximum absolute atomic E-state index is 13.9. The molecular weight excluding hydrogens is 522 g/mol.